The Bertz CT molecular complexity index is 377. The lowest BCUT2D eigenvalue weighted by atomic mass is 9.69. The third-order valence-corrected chi connectivity index (χ3v) is 3.23. The molecule has 0 spiro atoms. The van der Waals surface area contributed by atoms with Crippen molar-refractivity contribution in [2.24, 2.45) is 5.41 Å². The maximum atomic E-state index is 11.6. The number of aryl methyl sites for hydroxylation is 1. The zero-order valence-electron chi connectivity index (χ0n) is 9.32. The quantitative estimate of drug-likeness (QED) is 0.796. The summed E-state index contributed by atoms with van der Waals surface area (Å²) < 4.78 is 4.85. The number of nitrogens with one attached hydrogen (secondary N) is 1. The molecule has 5 heteroatoms. The molecule has 0 aromatic carbocycles. The average molecular weight is 224 g/mol. The molecule has 1 aliphatic carbocycles. The fourth-order valence-electron chi connectivity index (χ4n) is 1.89. The zero-order chi connectivity index (χ0) is 11.6. The molecular weight excluding hydrogens is 208 g/mol. The molecule has 0 aliphatic heterocycles. The number of carbonyl (C=O) groups is 1. The first kappa shape index (κ1) is 11.1. The molecule has 1 fully saturated rings. The molecular formula is C11H16N2O3. The summed E-state index contributed by atoms with van der Waals surface area (Å²) in [6.07, 6.45) is 3.07. The van der Waals surface area contributed by atoms with E-state index in [1.54, 1.807) is 13.0 Å². The van der Waals surface area contributed by atoms with Crippen LogP contribution in [0, 0.1) is 12.3 Å². The first-order valence-electron chi connectivity index (χ1n) is 5.48. The van der Waals surface area contributed by atoms with Crippen molar-refractivity contribution >= 4 is 5.91 Å². The molecule has 0 bridgehead atoms. The van der Waals surface area contributed by atoms with Gasteiger partial charge in [-0.2, -0.15) is 0 Å². The molecule has 16 heavy (non-hydrogen) atoms. The number of rotatable bonds is 4. The van der Waals surface area contributed by atoms with E-state index in [4.69, 9.17) is 4.52 Å². The second kappa shape index (κ2) is 4.25. The Hall–Kier alpha value is -1.36. The highest BCUT2D eigenvalue weighted by Gasteiger charge is 2.36. The van der Waals surface area contributed by atoms with Crippen molar-refractivity contribution in [2.75, 3.05) is 13.2 Å². The van der Waals surface area contributed by atoms with Crippen LogP contribution in [0.2, 0.25) is 0 Å². The third kappa shape index (κ3) is 2.09. The van der Waals surface area contributed by atoms with Gasteiger partial charge in [-0.1, -0.05) is 11.6 Å². The monoisotopic (exact) mass is 224 g/mol. The van der Waals surface area contributed by atoms with Gasteiger partial charge in [0.1, 0.15) is 0 Å². The Morgan fingerprint density at radius 2 is 2.44 bits per heavy atom. The Morgan fingerprint density at radius 3 is 2.88 bits per heavy atom. The summed E-state index contributed by atoms with van der Waals surface area (Å²) in [7, 11) is 0. The van der Waals surface area contributed by atoms with Gasteiger partial charge in [0.15, 0.2) is 0 Å². The van der Waals surface area contributed by atoms with E-state index >= 15 is 0 Å². The number of nitrogens with zero attached hydrogens (tertiary/aromatic N) is 1. The van der Waals surface area contributed by atoms with E-state index in [0.29, 0.717) is 12.2 Å². The van der Waals surface area contributed by atoms with E-state index in [9.17, 15) is 9.90 Å². The standard InChI is InChI=1S/C11H16N2O3/c1-8-5-9(16-13-8)10(15)12-6-11(7-14)3-2-4-11/h5,14H,2-4,6-7H2,1H3,(H,12,15). The maximum absolute atomic E-state index is 11.6. The topological polar surface area (TPSA) is 75.4 Å². The zero-order valence-corrected chi connectivity index (χ0v) is 9.32. The molecule has 2 rings (SSSR count). The summed E-state index contributed by atoms with van der Waals surface area (Å²) in [6.45, 7) is 2.40. The number of aliphatic hydroxyl groups excluding tert-OH is 1. The van der Waals surface area contributed by atoms with Gasteiger partial charge in [-0.25, -0.2) is 0 Å². The summed E-state index contributed by atoms with van der Waals surface area (Å²) in [6, 6.07) is 1.60. The van der Waals surface area contributed by atoms with Gasteiger partial charge in [-0.3, -0.25) is 4.79 Å². The van der Waals surface area contributed by atoms with Crippen molar-refractivity contribution in [1.82, 2.24) is 10.5 Å². The van der Waals surface area contributed by atoms with Crippen LogP contribution in [0.1, 0.15) is 35.5 Å². The number of aromatic nitrogens is 1. The Balaban J connectivity index is 1.88. The molecule has 0 saturated heterocycles. The molecule has 1 heterocycles. The highest BCUT2D eigenvalue weighted by molar-refractivity contribution is 5.91. The van der Waals surface area contributed by atoms with E-state index in [2.05, 4.69) is 10.5 Å². The van der Waals surface area contributed by atoms with Gasteiger partial charge in [0.2, 0.25) is 5.76 Å². The van der Waals surface area contributed by atoms with Crippen LogP contribution in [0.15, 0.2) is 10.6 Å². The van der Waals surface area contributed by atoms with Crippen molar-refractivity contribution in [3.05, 3.63) is 17.5 Å². The first-order chi connectivity index (χ1) is 7.65. The lowest BCUT2D eigenvalue weighted by Crippen LogP contribution is -2.44. The first-order valence-corrected chi connectivity index (χ1v) is 5.48. The number of aliphatic hydroxyl groups is 1. The van der Waals surface area contributed by atoms with Crippen LogP contribution in [0.5, 0.6) is 0 Å². The van der Waals surface area contributed by atoms with Crippen molar-refractivity contribution in [2.45, 2.75) is 26.2 Å². The van der Waals surface area contributed by atoms with Crippen LogP contribution in [-0.4, -0.2) is 29.3 Å². The van der Waals surface area contributed by atoms with Crippen LogP contribution in [-0.2, 0) is 0 Å². The molecule has 88 valence electrons. The number of hydrogen-bond acceptors (Lipinski definition) is 4. The predicted octanol–water partition coefficient (Wildman–Crippen LogP) is 0.875. The van der Waals surface area contributed by atoms with E-state index < -0.39 is 0 Å². The highest BCUT2D eigenvalue weighted by Crippen LogP contribution is 2.39. The van der Waals surface area contributed by atoms with Crippen LogP contribution in [0.4, 0.5) is 0 Å². The molecule has 1 amide bonds. The Morgan fingerprint density at radius 1 is 1.69 bits per heavy atom. The minimum Gasteiger partial charge on any atom is -0.396 e. The molecule has 1 aliphatic rings. The van der Waals surface area contributed by atoms with Crippen LogP contribution >= 0.6 is 0 Å². The fourth-order valence-corrected chi connectivity index (χ4v) is 1.89. The van der Waals surface area contributed by atoms with Gasteiger partial charge >= 0.3 is 0 Å². The van der Waals surface area contributed by atoms with E-state index in [1.165, 1.54) is 0 Å². The van der Waals surface area contributed by atoms with Crippen LogP contribution < -0.4 is 5.32 Å². The summed E-state index contributed by atoms with van der Waals surface area (Å²) in [5.41, 5.74) is 0.579. The number of hydrogen-bond donors (Lipinski definition) is 2. The number of carbonyl (C=O) groups excluding carboxylic acids is 1. The lowest BCUT2D eigenvalue weighted by Gasteiger charge is -2.40. The van der Waals surface area contributed by atoms with Gasteiger partial charge in [0.05, 0.1) is 12.3 Å². The fraction of sp³-hybridized carbons (Fsp3) is 0.636. The average Bonchev–Trinajstić information content (AvgIpc) is 2.64. The smallest absolute Gasteiger partial charge is 0.289 e. The summed E-state index contributed by atoms with van der Waals surface area (Å²) in [4.78, 5) is 11.6. The number of amides is 1. The molecule has 5 nitrogen and oxygen atoms in total. The van der Waals surface area contributed by atoms with Gasteiger partial charge in [0, 0.05) is 18.0 Å². The van der Waals surface area contributed by atoms with Crippen molar-refractivity contribution in [3.8, 4) is 0 Å². The van der Waals surface area contributed by atoms with Gasteiger partial charge in [-0.05, 0) is 19.8 Å². The van der Waals surface area contributed by atoms with E-state index in [-0.39, 0.29) is 23.7 Å². The van der Waals surface area contributed by atoms with Crippen LogP contribution in [0.25, 0.3) is 0 Å². The largest absolute Gasteiger partial charge is 0.396 e. The molecule has 0 atom stereocenters. The van der Waals surface area contributed by atoms with E-state index in [1.807, 2.05) is 0 Å². The minimum atomic E-state index is -0.264. The van der Waals surface area contributed by atoms with Gasteiger partial charge in [0.25, 0.3) is 5.91 Å². The SMILES string of the molecule is Cc1cc(C(=O)NCC2(CO)CCC2)on1. The predicted molar refractivity (Wildman–Crippen MR) is 56.9 cm³/mol. The summed E-state index contributed by atoms with van der Waals surface area (Å²) in [5.74, 6) is -0.0368. The molecule has 0 radical (unpaired) electrons. The normalized spacial score (nSPS) is 17.9. The molecule has 1 aromatic rings. The minimum absolute atomic E-state index is 0.106. The second-order valence-electron chi connectivity index (χ2n) is 4.53. The summed E-state index contributed by atoms with van der Waals surface area (Å²) in [5, 5.41) is 15.7. The maximum Gasteiger partial charge on any atom is 0.289 e. The highest BCUT2D eigenvalue weighted by atomic mass is 16.5. The molecule has 2 N–H and O–H groups in total. The van der Waals surface area contributed by atoms with E-state index in [0.717, 1.165) is 19.3 Å². The van der Waals surface area contributed by atoms with Gasteiger partial charge < -0.3 is 14.9 Å². The Labute approximate surface area is 93.8 Å². The summed E-state index contributed by atoms with van der Waals surface area (Å²) >= 11 is 0. The van der Waals surface area contributed by atoms with Crippen molar-refractivity contribution < 1.29 is 14.4 Å². The third-order valence-electron chi connectivity index (χ3n) is 3.23. The molecule has 0 unspecified atom stereocenters. The van der Waals surface area contributed by atoms with Crippen molar-refractivity contribution in [1.29, 1.82) is 0 Å². The van der Waals surface area contributed by atoms with Gasteiger partial charge in [-0.15, -0.1) is 0 Å². The molecule has 1 aromatic heterocycles. The second-order valence-corrected chi connectivity index (χ2v) is 4.53. The van der Waals surface area contributed by atoms with Crippen LogP contribution in [0.3, 0.4) is 0 Å². The molecule has 1 saturated carbocycles. The Kier molecular flexibility index (Phi) is 2.96. The van der Waals surface area contributed by atoms with Crippen molar-refractivity contribution in [3.63, 3.8) is 0 Å². The lowest BCUT2D eigenvalue weighted by molar-refractivity contribution is 0.0422.